The van der Waals surface area contributed by atoms with Crippen LogP contribution in [-0.2, 0) is 19.4 Å². The van der Waals surface area contributed by atoms with Crippen LogP contribution in [0.15, 0.2) is 57.0 Å². The number of methoxy groups -OCH3 is 1. The average molecular weight is 481 g/mol. The molecule has 6 nitrogen and oxygen atoms in total. The molecule has 12 heteroatoms. The Bertz CT molecular complexity index is 1120. The Hall–Kier alpha value is -2.37. The molecule has 1 aromatic heterocycles. The molecule has 30 heavy (non-hydrogen) atoms. The number of carbonyl (C=O) groups is 1. The summed E-state index contributed by atoms with van der Waals surface area (Å²) in [5.74, 6) is -0.778. The predicted molar refractivity (Wildman–Crippen MR) is 109 cm³/mol. The number of allylic oxidation sites excluding steroid dienone is 2. The van der Waals surface area contributed by atoms with E-state index in [9.17, 15) is 26.4 Å². The van der Waals surface area contributed by atoms with Crippen molar-refractivity contribution in [1.29, 1.82) is 0 Å². The second-order valence-corrected chi connectivity index (χ2v) is 9.41. The van der Waals surface area contributed by atoms with Gasteiger partial charge in [0.25, 0.3) is 0 Å². The molecule has 1 aromatic carbocycles. The Kier molecular flexibility index (Phi) is 7.32. The summed E-state index contributed by atoms with van der Waals surface area (Å²) in [5, 5.41) is -0.857. The summed E-state index contributed by atoms with van der Waals surface area (Å²) in [6, 6.07) is 9.10. The van der Waals surface area contributed by atoms with Crippen LogP contribution >= 0.6 is 22.9 Å². The minimum atomic E-state index is -4.90. The molecule has 0 aliphatic rings. The Morgan fingerprint density at radius 3 is 2.50 bits per heavy atom. The van der Waals surface area contributed by atoms with Crippen molar-refractivity contribution >= 4 is 44.5 Å². The monoisotopic (exact) mass is 480 g/mol. The molecule has 0 aliphatic carbocycles. The van der Waals surface area contributed by atoms with Crippen molar-refractivity contribution in [2.24, 2.45) is 10.7 Å². The second kappa shape index (κ2) is 9.19. The number of nitrogens with two attached hydrogens (primary N) is 1. The third-order valence-corrected chi connectivity index (χ3v) is 6.36. The molecule has 0 saturated heterocycles. The molecule has 0 spiro atoms. The topological polar surface area (TPSA) is 98.8 Å². The molecular formula is C18H16ClF3N2O4S2. The van der Waals surface area contributed by atoms with E-state index in [4.69, 9.17) is 17.3 Å². The zero-order valence-electron chi connectivity index (χ0n) is 15.7. The molecule has 0 fully saturated rings. The van der Waals surface area contributed by atoms with E-state index in [2.05, 4.69) is 9.73 Å². The first kappa shape index (κ1) is 23.9. The molecule has 0 radical (unpaired) electrons. The lowest BCUT2D eigenvalue weighted by Gasteiger charge is -2.11. The summed E-state index contributed by atoms with van der Waals surface area (Å²) in [5.41, 5.74) is 3.77. The van der Waals surface area contributed by atoms with Crippen LogP contribution in [0.25, 0.3) is 10.4 Å². The van der Waals surface area contributed by atoms with Gasteiger partial charge in [0.05, 0.1) is 27.6 Å². The van der Waals surface area contributed by atoms with E-state index in [0.29, 0.717) is 10.4 Å². The summed E-state index contributed by atoms with van der Waals surface area (Å²) >= 11 is 6.87. The van der Waals surface area contributed by atoms with Crippen LogP contribution in [0.4, 0.5) is 13.2 Å². The quantitative estimate of drug-likeness (QED) is 0.501. The number of rotatable bonds is 6. The Balaban J connectivity index is 2.55. The summed E-state index contributed by atoms with van der Waals surface area (Å²) < 4.78 is 67.0. The molecule has 162 valence electrons. The molecule has 2 rings (SSSR count). The smallest absolute Gasteiger partial charge is 0.432 e. The van der Waals surface area contributed by atoms with Crippen molar-refractivity contribution in [3.63, 3.8) is 0 Å². The fourth-order valence-electron chi connectivity index (χ4n) is 2.22. The van der Waals surface area contributed by atoms with Gasteiger partial charge in [-0.3, -0.25) is 9.79 Å². The number of ether oxygens (including phenoxy) is 1. The first-order valence-electron chi connectivity index (χ1n) is 8.09. The molecule has 0 aliphatic heterocycles. The maximum atomic E-state index is 13.0. The lowest BCUT2D eigenvalue weighted by Crippen LogP contribution is -2.23. The van der Waals surface area contributed by atoms with Crippen LogP contribution in [0.1, 0.15) is 4.88 Å². The van der Waals surface area contributed by atoms with E-state index in [0.717, 1.165) is 24.7 Å². The zero-order chi connectivity index (χ0) is 22.7. The van der Waals surface area contributed by atoms with Gasteiger partial charge < -0.3 is 10.5 Å². The highest BCUT2D eigenvalue weighted by Gasteiger charge is 2.35. The number of aliphatic imine (C=N–C) groups is 1. The summed E-state index contributed by atoms with van der Waals surface area (Å²) in [6.45, 7) is -0.565. The highest BCUT2D eigenvalue weighted by molar-refractivity contribution is 7.90. The number of halogens is 4. The van der Waals surface area contributed by atoms with Gasteiger partial charge in [-0.2, -0.15) is 13.2 Å². The SMILES string of the molecule is COC(=O)CN=C(/C(Cl)=C(\N)C(F)(F)F)c1ccc(-c2cccc(S(C)(=O)=O)c2)s1. The average Bonchev–Trinajstić information content (AvgIpc) is 3.15. The number of hydrogen-bond acceptors (Lipinski definition) is 7. The molecule has 0 bridgehead atoms. The summed E-state index contributed by atoms with van der Waals surface area (Å²) in [4.78, 5) is 16.1. The van der Waals surface area contributed by atoms with E-state index >= 15 is 0 Å². The first-order chi connectivity index (χ1) is 13.8. The van der Waals surface area contributed by atoms with Crippen LogP contribution in [0.5, 0.6) is 0 Å². The molecule has 2 N–H and O–H groups in total. The normalized spacial score (nSPS) is 13.7. The van der Waals surface area contributed by atoms with Gasteiger partial charge in [-0.15, -0.1) is 11.3 Å². The van der Waals surface area contributed by atoms with E-state index in [1.165, 1.54) is 18.2 Å². The number of esters is 1. The van der Waals surface area contributed by atoms with Crippen molar-refractivity contribution in [3.8, 4) is 10.4 Å². The van der Waals surface area contributed by atoms with E-state index in [1.54, 1.807) is 18.2 Å². The lowest BCUT2D eigenvalue weighted by atomic mass is 10.2. The van der Waals surface area contributed by atoms with Gasteiger partial charge >= 0.3 is 12.1 Å². The zero-order valence-corrected chi connectivity index (χ0v) is 18.0. The van der Waals surface area contributed by atoms with Gasteiger partial charge in [0.15, 0.2) is 9.84 Å². The van der Waals surface area contributed by atoms with Gasteiger partial charge in [0, 0.05) is 11.1 Å². The number of alkyl halides is 3. The predicted octanol–water partition coefficient (Wildman–Crippen LogP) is 3.75. The molecule has 1 heterocycles. The number of nitrogens with zero attached hydrogens (tertiary/aromatic N) is 1. The Labute approximate surface area is 179 Å². The van der Waals surface area contributed by atoms with Crippen LogP contribution in [0.3, 0.4) is 0 Å². The number of benzene rings is 1. The molecular weight excluding hydrogens is 465 g/mol. The van der Waals surface area contributed by atoms with Crippen LogP contribution in [0.2, 0.25) is 0 Å². The lowest BCUT2D eigenvalue weighted by molar-refractivity contribution is -0.138. The maximum absolute atomic E-state index is 13.0. The van der Waals surface area contributed by atoms with Gasteiger partial charge in [0.1, 0.15) is 12.2 Å². The van der Waals surface area contributed by atoms with Gasteiger partial charge in [-0.25, -0.2) is 8.42 Å². The maximum Gasteiger partial charge on any atom is 0.432 e. The van der Waals surface area contributed by atoms with Crippen molar-refractivity contribution < 1.29 is 31.1 Å². The molecule has 0 saturated carbocycles. The Morgan fingerprint density at radius 2 is 1.93 bits per heavy atom. The Morgan fingerprint density at radius 1 is 1.27 bits per heavy atom. The highest BCUT2D eigenvalue weighted by atomic mass is 35.5. The van der Waals surface area contributed by atoms with Gasteiger partial charge in [-0.1, -0.05) is 23.7 Å². The molecule has 0 amide bonds. The number of carbonyl (C=O) groups excluding carboxylic acids is 1. The van der Waals surface area contributed by atoms with Crippen LogP contribution in [0, 0.1) is 0 Å². The fourth-order valence-corrected chi connectivity index (χ4v) is 4.22. The van der Waals surface area contributed by atoms with Crippen molar-refractivity contribution in [2.75, 3.05) is 19.9 Å². The highest BCUT2D eigenvalue weighted by Crippen LogP contribution is 2.34. The van der Waals surface area contributed by atoms with Crippen LogP contribution in [-0.4, -0.2) is 46.2 Å². The largest absolute Gasteiger partial charge is 0.468 e. The number of hydrogen-bond donors (Lipinski definition) is 1. The molecule has 2 aromatic rings. The molecule has 0 atom stereocenters. The second-order valence-electron chi connectivity index (χ2n) is 5.93. The van der Waals surface area contributed by atoms with Crippen molar-refractivity contribution in [2.45, 2.75) is 11.1 Å². The van der Waals surface area contributed by atoms with Gasteiger partial charge in [-0.05, 0) is 29.8 Å². The number of sulfone groups is 1. The van der Waals surface area contributed by atoms with Crippen molar-refractivity contribution in [1.82, 2.24) is 0 Å². The third kappa shape index (κ3) is 5.83. The minimum Gasteiger partial charge on any atom is -0.468 e. The third-order valence-electron chi connectivity index (χ3n) is 3.73. The van der Waals surface area contributed by atoms with Crippen molar-refractivity contribution in [3.05, 3.63) is 52.0 Å². The summed E-state index contributed by atoms with van der Waals surface area (Å²) in [6.07, 6.45) is -3.83. The van der Waals surface area contributed by atoms with Crippen LogP contribution < -0.4 is 5.73 Å². The standard InChI is InChI=1S/C18H16ClF3N2O4S2/c1-28-14(25)9-24-16(15(19)17(23)18(20,21)22)13-7-6-12(29-13)10-4-3-5-11(8-10)30(2,26)27/h3-8H,9,23H2,1-2H3/b17-15+,24-16?. The summed E-state index contributed by atoms with van der Waals surface area (Å²) in [7, 11) is -2.34. The van der Waals surface area contributed by atoms with E-state index in [-0.39, 0.29) is 15.5 Å². The van der Waals surface area contributed by atoms with Gasteiger partial charge in [0.2, 0.25) is 0 Å². The van der Waals surface area contributed by atoms with E-state index < -0.39 is 39.3 Å². The first-order valence-corrected chi connectivity index (χ1v) is 11.2. The fraction of sp³-hybridized carbons (Fsp3) is 0.222. The number of thiophene rings is 1. The van der Waals surface area contributed by atoms with E-state index in [1.807, 2.05) is 0 Å². The molecule has 0 unspecified atom stereocenters. The minimum absolute atomic E-state index is 0.0915.